The quantitative estimate of drug-likeness (QED) is 0.586. The molecule has 0 saturated carbocycles. The lowest BCUT2D eigenvalue weighted by Gasteiger charge is -2.14. The Morgan fingerprint density at radius 1 is 1.23 bits per heavy atom. The van der Waals surface area contributed by atoms with Crippen LogP contribution in [0.1, 0.15) is 42.3 Å². The summed E-state index contributed by atoms with van der Waals surface area (Å²) in [5.74, 6) is 1.55. The molecule has 2 N–H and O–H groups in total. The smallest absolute Gasteiger partial charge is 0.191 e. The second kappa shape index (κ2) is 9.33. The van der Waals surface area contributed by atoms with E-state index in [9.17, 15) is 4.39 Å². The van der Waals surface area contributed by atoms with Crippen molar-refractivity contribution in [1.29, 1.82) is 0 Å². The zero-order valence-corrected chi connectivity index (χ0v) is 16.1. The molecule has 1 aromatic carbocycles. The van der Waals surface area contributed by atoms with Gasteiger partial charge in [0, 0.05) is 31.8 Å². The molecule has 0 aliphatic carbocycles. The maximum absolute atomic E-state index is 13.9. The van der Waals surface area contributed by atoms with E-state index in [4.69, 9.17) is 4.52 Å². The average molecular weight is 361 g/mol. The van der Waals surface area contributed by atoms with Crippen molar-refractivity contribution in [2.75, 3.05) is 21.1 Å². The monoisotopic (exact) mass is 361 g/mol. The van der Waals surface area contributed by atoms with Gasteiger partial charge in [0.2, 0.25) is 0 Å². The summed E-state index contributed by atoms with van der Waals surface area (Å²) in [5, 5.41) is 10.5. The lowest BCUT2D eigenvalue weighted by atomic mass is 10.1. The molecule has 2 rings (SSSR count). The van der Waals surface area contributed by atoms with Crippen molar-refractivity contribution in [3.8, 4) is 0 Å². The highest BCUT2D eigenvalue weighted by Gasteiger charge is 2.09. The average Bonchev–Trinajstić information content (AvgIpc) is 3.06. The molecule has 0 fully saturated rings. The van der Waals surface area contributed by atoms with Gasteiger partial charge in [-0.1, -0.05) is 25.1 Å². The summed E-state index contributed by atoms with van der Waals surface area (Å²) < 4.78 is 19.2. The highest BCUT2D eigenvalue weighted by molar-refractivity contribution is 5.79. The largest absolute Gasteiger partial charge is 0.359 e. The first kappa shape index (κ1) is 19.9. The number of nitrogens with zero attached hydrogens (tertiary/aromatic N) is 3. The minimum Gasteiger partial charge on any atom is -0.359 e. The lowest BCUT2D eigenvalue weighted by Crippen LogP contribution is -2.36. The Bertz CT molecular complexity index is 739. The number of hydrogen-bond acceptors (Lipinski definition) is 4. The summed E-state index contributed by atoms with van der Waals surface area (Å²) in [7, 11) is 5.55. The van der Waals surface area contributed by atoms with Gasteiger partial charge in [-0.05, 0) is 37.7 Å². The summed E-state index contributed by atoms with van der Waals surface area (Å²) >= 11 is 0. The van der Waals surface area contributed by atoms with E-state index in [1.807, 2.05) is 31.1 Å². The Labute approximate surface area is 154 Å². The molecule has 6 nitrogen and oxygen atoms in total. The maximum atomic E-state index is 13.9. The number of aromatic nitrogens is 1. The van der Waals surface area contributed by atoms with E-state index in [1.54, 1.807) is 13.1 Å². The minimum atomic E-state index is -0.184. The first-order valence-corrected chi connectivity index (χ1v) is 8.71. The highest BCUT2D eigenvalue weighted by Crippen LogP contribution is 2.14. The first-order valence-electron chi connectivity index (χ1n) is 8.71. The molecule has 142 valence electrons. The van der Waals surface area contributed by atoms with E-state index in [2.05, 4.69) is 34.6 Å². The molecule has 0 aliphatic heterocycles. The van der Waals surface area contributed by atoms with Gasteiger partial charge in [-0.2, -0.15) is 0 Å². The number of benzene rings is 1. The number of guanidine groups is 1. The third kappa shape index (κ3) is 5.84. The predicted octanol–water partition coefficient (Wildman–Crippen LogP) is 2.86. The van der Waals surface area contributed by atoms with Crippen LogP contribution in [-0.4, -0.2) is 37.2 Å². The third-order valence-corrected chi connectivity index (χ3v) is 3.88. The summed E-state index contributed by atoms with van der Waals surface area (Å²) in [6, 6.07) is 7.10. The molecule has 0 radical (unpaired) electrons. The van der Waals surface area contributed by atoms with Gasteiger partial charge in [-0.15, -0.1) is 0 Å². The number of hydrogen-bond donors (Lipinski definition) is 2. The SMILES string of the molecule is CN=C(NCc1ccc(F)c(CN(C)C)c1)NCc1cc(C(C)C)no1. The Morgan fingerprint density at radius 2 is 1.96 bits per heavy atom. The van der Waals surface area contributed by atoms with Crippen molar-refractivity contribution in [1.82, 2.24) is 20.7 Å². The van der Waals surface area contributed by atoms with Crippen LogP contribution >= 0.6 is 0 Å². The fourth-order valence-corrected chi connectivity index (χ4v) is 2.46. The summed E-state index contributed by atoms with van der Waals surface area (Å²) in [6.07, 6.45) is 0. The molecule has 0 unspecified atom stereocenters. The standard InChI is InChI=1S/C19H28FN5O/c1-13(2)18-9-16(26-24-18)11-23-19(21-3)22-10-14-6-7-17(20)15(8-14)12-25(4)5/h6-9,13H,10-12H2,1-5H3,(H2,21,22,23). The molecule has 2 aromatic rings. The molecule has 0 aliphatic rings. The molecule has 26 heavy (non-hydrogen) atoms. The van der Waals surface area contributed by atoms with Crippen molar-refractivity contribution in [3.63, 3.8) is 0 Å². The fourth-order valence-electron chi connectivity index (χ4n) is 2.46. The number of aliphatic imine (C=N–C) groups is 1. The molecular formula is C19H28FN5O. The fraction of sp³-hybridized carbons (Fsp3) is 0.474. The zero-order chi connectivity index (χ0) is 19.1. The van der Waals surface area contributed by atoms with Crippen LogP contribution in [0.5, 0.6) is 0 Å². The topological polar surface area (TPSA) is 65.7 Å². The van der Waals surface area contributed by atoms with Crippen LogP contribution in [0.3, 0.4) is 0 Å². The minimum absolute atomic E-state index is 0.184. The van der Waals surface area contributed by atoms with Gasteiger partial charge in [0.15, 0.2) is 11.7 Å². The molecule has 1 aromatic heterocycles. The van der Waals surface area contributed by atoms with Gasteiger partial charge in [0.25, 0.3) is 0 Å². The van der Waals surface area contributed by atoms with Crippen LogP contribution < -0.4 is 10.6 Å². The van der Waals surface area contributed by atoms with Crippen molar-refractivity contribution >= 4 is 5.96 Å². The summed E-state index contributed by atoms with van der Waals surface area (Å²) in [4.78, 5) is 6.14. The van der Waals surface area contributed by atoms with Gasteiger partial charge in [-0.3, -0.25) is 4.99 Å². The van der Waals surface area contributed by atoms with Crippen molar-refractivity contribution in [2.45, 2.75) is 39.4 Å². The van der Waals surface area contributed by atoms with Gasteiger partial charge >= 0.3 is 0 Å². The lowest BCUT2D eigenvalue weighted by molar-refractivity contribution is 0.372. The number of rotatable bonds is 7. The van der Waals surface area contributed by atoms with E-state index in [0.717, 1.165) is 17.0 Å². The second-order valence-corrected chi connectivity index (χ2v) is 6.82. The normalized spacial score (nSPS) is 12.1. The van der Waals surface area contributed by atoms with Crippen molar-refractivity contribution < 1.29 is 8.91 Å². The van der Waals surface area contributed by atoms with E-state index in [-0.39, 0.29) is 5.82 Å². The Morgan fingerprint density at radius 3 is 2.58 bits per heavy atom. The second-order valence-electron chi connectivity index (χ2n) is 6.82. The highest BCUT2D eigenvalue weighted by atomic mass is 19.1. The Balaban J connectivity index is 1.90. The third-order valence-electron chi connectivity index (χ3n) is 3.88. The Hall–Kier alpha value is -2.41. The van der Waals surface area contributed by atoms with Gasteiger partial charge < -0.3 is 20.1 Å². The van der Waals surface area contributed by atoms with E-state index < -0.39 is 0 Å². The van der Waals surface area contributed by atoms with Gasteiger partial charge in [0.05, 0.1) is 12.2 Å². The van der Waals surface area contributed by atoms with Crippen LogP contribution in [0.25, 0.3) is 0 Å². The molecule has 0 spiro atoms. The van der Waals surface area contributed by atoms with Crippen LogP contribution in [-0.2, 0) is 19.6 Å². The summed E-state index contributed by atoms with van der Waals surface area (Å²) in [5.41, 5.74) is 2.61. The molecule has 0 atom stereocenters. The molecular weight excluding hydrogens is 333 g/mol. The van der Waals surface area contributed by atoms with E-state index in [0.29, 0.717) is 37.1 Å². The van der Waals surface area contributed by atoms with Crippen LogP contribution in [0.2, 0.25) is 0 Å². The molecule has 7 heteroatoms. The van der Waals surface area contributed by atoms with Crippen LogP contribution in [0.4, 0.5) is 4.39 Å². The van der Waals surface area contributed by atoms with Gasteiger partial charge in [0.1, 0.15) is 5.82 Å². The van der Waals surface area contributed by atoms with E-state index >= 15 is 0 Å². The van der Waals surface area contributed by atoms with Gasteiger partial charge in [-0.25, -0.2) is 4.39 Å². The van der Waals surface area contributed by atoms with E-state index in [1.165, 1.54) is 6.07 Å². The molecule has 1 heterocycles. The predicted molar refractivity (Wildman–Crippen MR) is 101 cm³/mol. The molecule has 0 saturated heterocycles. The summed E-state index contributed by atoms with van der Waals surface area (Å²) in [6.45, 7) is 5.75. The van der Waals surface area contributed by atoms with Crippen LogP contribution in [0, 0.1) is 5.82 Å². The number of halogens is 1. The Kier molecular flexibility index (Phi) is 7.15. The maximum Gasteiger partial charge on any atom is 0.191 e. The van der Waals surface area contributed by atoms with Crippen molar-refractivity contribution in [3.05, 3.63) is 52.7 Å². The van der Waals surface area contributed by atoms with Crippen LogP contribution in [0.15, 0.2) is 33.8 Å². The first-order chi connectivity index (χ1) is 12.4. The van der Waals surface area contributed by atoms with Crippen molar-refractivity contribution in [2.24, 2.45) is 4.99 Å². The zero-order valence-electron chi connectivity index (χ0n) is 16.1. The number of nitrogens with one attached hydrogen (secondary N) is 2. The molecule has 0 amide bonds. The molecule has 0 bridgehead atoms.